The van der Waals surface area contributed by atoms with Gasteiger partial charge in [0, 0.05) is 7.05 Å². The number of amides is 2. The number of hydrogen-bond donors (Lipinski definition) is 3. The predicted octanol–water partition coefficient (Wildman–Crippen LogP) is -0.142. The molecule has 0 aliphatic rings. The van der Waals surface area contributed by atoms with Gasteiger partial charge < -0.3 is 20.3 Å². The molecule has 0 atom stereocenters. The Morgan fingerprint density at radius 2 is 2.05 bits per heavy atom. The third-order valence-corrected chi connectivity index (χ3v) is 2.27. The van der Waals surface area contributed by atoms with Crippen molar-refractivity contribution < 1.29 is 32.7 Å². The van der Waals surface area contributed by atoms with Crippen LogP contribution in [0.3, 0.4) is 0 Å². The van der Waals surface area contributed by atoms with Crippen molar-refractivity contribution in [3.63, 3.8) is 0 Å². The van der Waals surface area contributed by atoms with Gasteiger partial charge in [-0.1, -0.05) is 0 Å². The number of halogens is 3. The summed E-state index contributed by atoms with van der Waals surface area (Å²) < 4.78 is 35.7. The van der Waals surface area contributed by atoms with E-state index in [9.17, 15) is 27.6 Å². The Balaban J connectivity index is 2.65. The molecule has 0 radical (unpaired) electrons. The largest absolute Gasteiger partial charge is 0.477 e. The van der Waals surface area contributed by atoms with Crippen molar-refractivity contribution in [1.82, 2.24) is 20.2 Å². The fraction of sp³-hybridized carbons (Fsp3) is 0.400. The number of imidazole rings is 1. The number of aromatic amines is 1. The maximum absolute atomic E-state index is 11.9. The number of nitrogens with zero attached hydrogens (tertiary/aromatic N) is 2. The molecule has 1 aromatic heterocycles. The number of aromatic nitrogens is 2. The number of rotatable bonds is 5. The summed E-state index contributed by atoms with van der Waals surface area (Å²) in [5, 5.41) is 10.4. The van der Waals surface area contributed by atoms with Crippen molar-refractivity contribution in [2.75, 3.05) is 20.1 Å². The fourth-order valence-electron chi connectivity index (χ4n) is 1.34. The van der Waals surface area contributed by atoms with Crippen molar-refractivity contribution >= 4 is 17.8 Å². The van der Waals surface area contributed by atoms with E-state index in [0.717, 1.165) is 18.3 Å². The van der Waals surface area contributed by atoms with Crippen molar-refractivity contribution in [2.45, 2.75) is 6.18 Å². The van der Waals surface area contributed by atoms with Crippen molar-refractivity contribution in [3.8, 4) is 0 Å². The molecule has 116 valence electrons. The molecule has 0 spiro atoms. The summed E-state index contributed by atoms with van der Waals surface area (Å²) in [4.78, 5) is 40.4. The van der Waals surface area contributed by atoms with Crippen LogP contribution in [0.25, 0.3) is 0 Å². The Morgan fingerprint density at radius 1 is 1.43 bits per heavy atom. The highest BCUT2D eigenvalue weighted by atomic mass is 19.4. The third-order valence-electron chi connectivity index (χ3n) is 2.27. The second-order valence-corrected chi connectivity index (χ2v) is 3.98. The van der Waals surface area contributed by atoms with Gasteiger partial charge in [0.1, 0.15) is 6.54 Å². The summed E-state index contributed by atoms with van der Waals surface area (Å²) in [6, 6.07) is 0. The van der Waals surface area contributed by atoms with Crippen LogP contribution in [0.4, 0.5) is 13.2 Å². The molecule has 2 amide bonds. The Bertz CT molecular complexity index is 555. The number of aromatic carboxylic acids is 1. The Kier molecular flexibility index (Phi) is 4.89. The lowest BCUT2D eigenvalue weighted by Gasteiger charge is -2.16. The lowest BCUT2D eigenvalue weighted by Crippen LogP contribution is -2.42. The van der Waals surface area contributed by atoms with Crippen molar-refractivity contribution in [1.29, 1.82) is 0 Å². The molecule has 1 heterocycles. The molecular formula is C10H11F3N4O4. The van der Waals surface area contributed by atoms with Gasteiger partial charge >= 0.3 is 12.1 Å². The second kappa shape index (κ2) is 6.24. The van der Waals surface area contributed by atoms with Gasteiger partial charge in [-0.2, -0.15) is 13.2 Å². The lowest BCUT2D eigenvalue weighted by molar-refractivity contribution is -0.138. The summed E-state index contributed by atoms with van der Waals surface area (Å²) in [6.07, 6.45) is -3.58. The molecule has 0 aliphatic heterocycles. The molecule has 0 bridgehead atoms. The van der Waals surface area contributed by atoms with Crippen LogP contribution in [-0.2, 0) is 4.79 Å². The van der Waals surface area contributed by atoms with E-state index in [2.05, 4.69) is 9.97 Å². The maximum Gasteiger partial charge on any atom is 0.405 e. The van der Waals surface area contributed by atoms with Gasteiger partial charge in [0.25, 0.3) is 5.91 Å². The minimum Gasteiger partial charge on any atom is -0.477 e. The number of hydrogen-bond acceptors (Lipinski definition) is 4. The van der Waals surface area contributed by atoms with Gasteiger partial charge in [-0.15, -0.1) is 0 Å². The summed E-state index contributed by atoms with van der Waals surface area (Å²) in [7, 11) is 1.13. The van der Waals surface area contributed by atoms with Crippen LogP contribution in [0.5, 0.6) is 0 Å². The fourth-order valence-corrected chi connectivity index (χ4v) is 1.34. The summed E-state index contributed by atoms with van der Waals surface area (Å²) in [5.41, 5.74) is -0.906. The van der Waals surface area contributed by atoms with Gasteiger partial charge in [-0.05, 0) is 0 Å². The minimum absolute atomic E-state index is 0.436. The molecule has 0 fully saturated rings. The van der Waals surface area contributed by atoms with E-state index in [1.54, 1.807) is 5.32 Å². The molecule has 11 heteroatoms. The first kappa shape index (κ1) is 16.5. The molecule has 1 aromatic rings. The highest BCUT2D eigenvalue weighted by molar-refractivity contribution is 6.03. The first-order valence-corrected chi connectivity index (χ1v) is 5.47. The highest BCUT2D eigenvalue weighted by Crippen LogP contribution is 2.12. The van der Waals surface area contributed by atoms with E-state index in [1.165, 1.54) is 0 Å². The molecule has 0 aliphatic carbocycles. The second-order valence-electron chi connectivity index (χ2n) is 3.98. The molecule has 0 unspecified atom stereocenters. The normalized spacial score (nSPS) is 11.0. The highest BCUT2D eigenvalue weighted by Gasteiger charge is 2.29. The topological polar surface area (TPSA) is 115 Å². The van der Waals surface area contributed by atoms with E-state index >= 15 is 0 Å². The molecule has 0 aromatic carbocycles. The first-order valence-electron chi connectivity index (χ1n) is 5.47. The monoisotopic (exact) mass is 308 g/mol. The smallest absolute Gasteiger partial charge is 0.405 e. The number of likely N-dealkylation sites (N-methyl/N-ethyl adjacent to an activating group) is 1. The number of carbonyl (C=O) groups excluding carboxylic acids is 2. The molecule has 0 saturated heterocycles. The van der Waals surface area contributed by atoms with Crippen LogP contribution < -0.4 is 5.32 Å². The molecule has 3 N–H and O–H groups in total. The zero-order valence-corrected chi connectivity index (χ0v) is 10.7. The minimum atomic E-state index is -4.56. The number of alkyl halides is 3. The maximum atomic E-state index is 11.9. The standard InChI is InChI=1S/C10H11F3N4O4/c1-17(2-5(18)14-3-10(11,12)13)8(19)6-7(9(20)21)16-4-15-6/h4H,2-3H2,1H3,(H,14,18)(H,15,16)(H,20,21). The van der Waals surface area contributed by atoms with Crippen LogP contribution in [0, 0.1) is 0 Å². The predicted molar refractivity (Wildman–Crippen MR) is 61.6 cm³/mol. The molecule has 0 saturated carbocycles. The quantitative estimate of drug-likeness (QED) is 0.700. The van der Waals surface area contributed by atoms with Crippen molar-refractivity contribution in [3.05, 3.63) is 17.7 Å². The summed E-state index contributed by atoms with van der Waals surface area (Å²) >= 11 is 0. The molecule has 8 nitrogen and oxygen atoms in total. The van der Waals surface area contributed by atoms with Gasteiger partial charge in [-0.3, -0.25) is 9.59 Å². The average Bonchev–Trinajstić information content (AvgIpc) is 2.83. The van der Waals surface area contributed by atoms with Gasteiger partial charge in [0.2, 0.25) is 5.91 Å². The average molecular weight is 308 g/mol. The van der Waals surface area contributed by atoms with Gasteiger partial charge in [-0.25, -0.2) is 9.78 Å². The zero-order chi connectivity index (χ0) is 16.2. The first-order chi connectivity index (χ1) is 9.61. The summed E-state index contributed by atoms with van der Waals surface area (Å²) in [6.45, 7) is -2.18. The van der Waals surface area contributed by atoms with Crippen LogP contribution in [-0.4, -0.2) is 64.1 Å². The van der Waals surface area contributed by atoms with E-state index in [0.29, 0.717) is 0 Å². The SMILES string of the molecule is CN(CC(=O)NCC(F)(F)F)C(=O)c1nc[nH]c1C(=O)O. The van der Waals surface area contributed by atoms with Crippen LogP contribution in [0.1, 0.15) is 21.0 Å². The van der Waals surface area contributed by atoms with Crippen molar-refractivity contribution in [2.24, 2.45) is 0 Å². The molecule has 1 rings (SSSR count). The Morgan fingerprint density at radius 3 is 2.57 bits per heavy atom. The van der Waals surface area contributed by atoms with Crippen LogP contribution >= 0.6 is 0 Å². The van der Waals surface area contributed by atoms with Gasteiger partial charge in [0.05, 0.1) is 12.9 Å². The number of H-pyrrole nitrogens is 1. The molecular weight excluding hydrogens is 297 g/mol. The van der Waals surface area contributed by atoms with Crippen LogP contribution in [0.15, 0.2) is 6.33 Å². The number of nitrogens with one attached hydrogen (secondary N) is 2. The Hall–Kier alpha value is -2.59. The van der Waals surface area contributed by atoms with E-state index < -0.39 is 48.4 Å². The van der Waals surface area contributed by atoms with E-state index in [-0.39, 0.29) is 0 Å². The third kappa shape index (κ3) is 4.78. The Labute approximate surface area is 115 Å². The van der Waals surface area contributed by atoms with E-state index in [1.807, 2.05) is 0 Å². The number of carboxylic acid groups (broad SMARTS) is 1. The zero-order valence-electron chi connectivity index (χ0n) is 10.7. The van der Waals surface area contributed by atoms with E-state index in [4.69, 9.17) is 5.11 Å². The van der Waals surface area contributed by atoms with Gasteiger partial charge in [0.15, 0.2) is 11.4 Å². The lowest BCUT2D eigenvalue weighted by atomic mass is 10.3. The van der Waals surface area contributed by atoms with Crippen LogP contribution in [0.2, 0.25) is 0 Å². The molecule has 21 heavy (non-hydrogen) atoms. The number of carbonyl (C=O) groups is 3. The summed E-state index contributed by atoms with van der Waals surface area (Å²) in [5.74, 6) is -3.36. The number of carboxylic acids is 1.